The van der Waals surface area contributed by atoms with Crippen molar-refractivity contribution in [1.29, 1.82) is 0 Å². The van der Waals surface area contributed by atoms with Crippen LogP contribution in [0.1, 0.15) is 0 Å². The number of anilines is 1. The van der Waals surface area contributed by atoms with Crippen molar-refractivity contribution in [2.45, 2.75) is 0 Å². The number of piperazine rings is 1. The Morgan fingerprint density at radius 2 is 2.00 bits per heavy atom. The third-order valence-electron chi connectivity index (χ3n) is 3.78. The van der Waals surface area contributed by atoms with Crippen molar-refractivity contribution in [3.8, 4) is 0 Å². The van der Waals surface area contributed by atoms with E-state index in [2.05, 4.69) is 9.88 Å². The number of rotatable bonds is 3. The zero-order valence-corrected chi connectivity index (χ0v) is 11.8. The molecule has 112 valence electrons. The van der Waals surface area contributed by atoms with E-state index in [0.717, 1.165) is 18.9 Å². The van der Waals surface area contributed by atoms with Crippen molar-refractivity contribution >= 4 is 17.8 Å². The molecule has 2 aliphatic rings. The number of cyclic esters (lactones) is 1. The van der Waals surface area contributed by atoms with E-state index in [1.807, 2.05) is 18.2 Å². The van der Waals surface area contributed by atoms with E-state index >= 15 is 0 Å². The SMILES string of the molecule is O=C(CN1CCOC1=O)N1CCN(c2ccccn2)CC1. The molecule has 0 unspecified atom stereocenters. The molecule has 0 bridgehead atoms. The van der Waals surface area contributed by atoms with E-state index in [0.29, 0.717) is 26.2 Å². The molecule has 2 amide bonds. The highest BCUT2D eigenvalue weighted by atomic mass is 16.6. The molecule has 7 heteroatoms. The topological polar surface area (TPSA) is 66.0 Å². The molecule has 0 aliphatic carbocycles. The third-order valence-corrected chi connectivity index (χ3v) is 3.78. The fourth-order valence-electron chi connectivity index (χ4n) is 2.56. The second-order valence-electron chi connectivity index (χ2n) is 5.09. The second kappa shape index (κ2) is 5.99. The predicted molar refractivity (Wildman–Crippen MR) is 76.0 cm³/mol. The molecule has 1 aromatic rings. The summed E-state index contributed by atoms with van der Waals surface area (Å²) in [5, 5.41) is 0. The molecule has 21 heavy (non-hydrogen) atoms. The molecule has 3 heterocycles. The fraction of sp³-hybridized carbons (Fsp3) is 0.500. The molecule has 0 spiro atoms. The van der Waals surface area contributed by atoms with Crippen molar-refractivity contribution in [2.24, 2.45) is 0 Å². The molecule has 0 atom stereocenters. The summed E-state index contributed by atoms with van der Waals surface area (Å²) in [6, 6.07) is 5.81. The maximum absolute atomic E-state index is 12.2. The molecular weight excluding hydrogens is 272 g/mol. The summed E-state index contributed by atoms with van der Waals surface area (Å²) in [7, 11) is 0. The summed E-state index contributed by atoms with van der Waals surface area (Å²) >= 11 is 0. The fourth-order valence-corrected chi connectivity index (χ4v) is 2.56. The lowest BCUT2D eigenvalue weighted by atomic mass is 10.3. The minimum Gasteiger partial charge on any atom is -0.448 e. The number of carbonyl (C=O) groups is 2. The second-order valence-corrected chi connectivity index (χ2v) is 5.09. The lowest BCUT2D eigenvalue weighted by Crippen LogP contribution is -2.51. The van der Waals surface area contributed by atoms with Crippen LogP contribution in [0.3, 0.4) is 0 Å². The number of pyridine rings is 1. The Kier molecular flexibility index (Phi) is 3.89. The van der Waals surface area contributed by atoms with Crippen LogP contribution in [0.2, 0.25) is 0 Å². The zero-order chi connectivity index (χ0) is 14.7. The van der Waals surface area contributed by atoms with Gasteiger partial charge in [0.2, 0.25) is 5.91 Å². The average molecular weight is 290 g/mol. The van der Waals surface area contributed by atoms with Crippen molar-refractivity contribution in [2.75, 3.05) is 50.8 Å². The van der Waals surface area contributed by atoms with Crippen LogP contribution in [0.4, 0.5) is 10.6 Å². The summed E-state index contributed by atoms with van der Waals surface area (Å²) < 4.78 is 4.83. The normalized spacial score (nSPS) is 18.9. The maximum Gasteiger partial charge on any atom is 0.410 e. The van der Waals surface area contributed by atoms with Crippen LogP contribution in [0.25, 0.3) is 0 Å². The van der Waals surface area contributed by atoms with Crippen LogP contribution in [-0.2, 0) is 9.53 Å². The Balaban J connectivity index is 1.51. The van der Waals surface area contributed by atoms with Crippen LogP contribution in [0.15, 0.2) is 24.4 Å². The van der Waals surface area contributed by atoms with Crippen molar-refractivity contribution in [3.63, 3.8) is 0 Å². The van der Waals surface area contributed by atoms with Gasteiger partial charge in [0.05, 0.1) is 6.54 Å². The van der Waals surface area contributed by atoms with Crippen molar-refractivity contribution in [1.82, 2.24) is 14.8 Å². The first-order valence-electron chi connectivity index (χ1n) is 7.09. The van der Waals surface area contributed by atoms with E-state index in [-0.39, 0.29) is 12.5 Å². The van der Waals surface area contributed by atoms with Crippen LogP contribution in [0.5, 0.6) is 0 Å². The molecular formula is C14H18N4O3. The van der Waals surface area contributed by atoms with Crippen molar-refractivity contribution < 1.29 is 14.3 Å². The Labute approximate surface area is 123 Å². The van der Waals surface area contributed by atoms with Crippen LogP contribution in [0, 0.1) is 0 Å². The number of nitrogens with zero attached hydrogens (tertiary/aromatic N) is 4. The monoisotopic (exact) mass is 290 g/mol. The Morgan fingerprint density at radius 1 is 1.19 bits per heavy atom. The lowest BCUT2D eigenvalue weighted by Gasteiger charge is -2.35. The Morgan fingerprint density at radius 3 is 2.62 bits per heavy atom. The number of hydrogen-bond donors (Lipinski definition) is 0. The Bertz CT molecular complexity index is 514. The molecule has 0 N–H and O–H groups in total. The molecule has 2 aliphatic heterocycles. The Hall–Kier alpha value is -2.31. The van der Waals surface area contributed by atoms with Gasteiger partial charge in [0.15, 0.2) is 0 Å². The smallest absolute Gasteiger partial charge is 0.410 e. The number of carbonyl (C=O) groups excluding carboxylic acids is 2. The van der Waals surface area contributed by atoms with E-state index < -0.39 is 6.09 Å². The van der Waals surface area contributed by atoms with Crippen LogP contribution < -0.4 is 4.90 Å². The van der Waals surface area contributed by atoms with Gasteiger partial charge in [0.25, 0.3) is 0 Å². The summed E-state index contributed by atoms with van der Waals surface area (Å²) in [6.45, 7) is 3.80. The first-order valence-corrected chi connectivity index (χ1v) is 7.09. The summed E-state index contributed by atoms with van der Waals surface area (Å²) in [5.41, 5.74) is 0. The minimum absolute atomic E-state index is 0.0190. The molecule has 2 fully saturated rings. The van der Waals surface area contributed by atoms with Gasteiger partial charge < -0.3 is 14.5 Å². The van der Waals surface area contributed by atoms with Gasteiger partial charge in [-0.1, -0.05) is 6.07 Å². The van der Waals surface area contributed by atoms with Gasteiger partial charge in [-0.25, -0.2) is 9.78 Å². The number of hydrogen-bond acceptors (Lipinski definition) is 5. The van der Waals surface area contributed by atoms with E-state index in [4.69, 9.17) is 4.74 Å². The molecule has 7 nitrogen and oxygen atoms in total. The van der Waals surface area contributed by atoms with E-state index in [9.17, 15) is 9.59 Å². The average Bonchev–Trinajstić information content (AvgIpc) is 2.93. The predicted octanol–water partition coefficient (Wildman–Crippen LogP) is 0.182. The van der Waals surface area contributed by atoms with E-state index in [1.165, 1.54) is 4.90 Å². The van der Waals surface area contributed by atoms with Crippen molar-refractivity contribution in [3.05, 3.63) is 24.4 Å². The maximum atomic E-state index is 12.2. The van der Waals surface area contributed by atoms with Gasteiger partial charge in [0.1, 0.15) is 19.0 Å². The van der Waals surface area contributed by atoms with Gasteiger partial charge in [-0.3, -0.25) is 9.69 Å². The standard InChI is InChI=1S/C14H18N4O3/c19-13(11-18-9-10-21-14(18)20)17-7-5-16(6-8-17)12-3-1-2-4-15-12/h1-4H,5-11H2. The molecule has 0 aromatic carbocycles. The third kappa shape index (κ3) is 3.07. The summed E-state index contributed by atoms with van der Waals surface area (Å²) in [4.78, 5) is 33.3. The molecule has 1 aromatic heterocycles. The van der Waals surface area contributed by atoms with E-state index in [1.54, 1.807) is 11.1 Å². The molecule has 0 saturated carbocycles. The first kappa shape index (κ1) is 13.7. The molecule has 0 radical (unpaired) electrons. The van der Waals surface area contributed by atoms with Gasteiger partial charge in [-0.05, 0) is 12.1 Å². The van der Waals surface area contributed by atoms with Crippen LogP contribution in [-0.4, -0.2) is 72.7 Å². The highest BCUT2D eigenvalue weighted by molar-refractivity contribution is 5.83. The first-order chi connectivity index (χ1) is 10.2. The number of aromatic nitrogens is 1. The van der Waals surface area contributed by atoms with Gasteiger partial charge >= 0.3 is 6.09 Å². The highest BCUT2D eigenvalue weighted by Crippen LogP contribution is 2.13. The van der Waals surface area contributed by atoms with Gasteiger partial charge in [0, 0.05) is 32.4 Å². The van der Waals surface area contributed by atoms with Gasteiger partial charge in [-0.2, -0.15) is 0 Å². The van der Waals surface area contributed by atoms with Gasteiger partial charge in [-0.15, -0.1) is 0 Å². The lowest BCUT2D eigenvalue weighted by molar-refractivity contribution is -0.132. The molecule has 2 saturated heterocycles. The zero-order valence-electron chi connectivity index (χ0n) is 11.8. The quantitative estimate of drug-likeness (QED) is 0.794. The number of amides is 2. The summed E-state index contributed by atoms with van der Waals surface area (Å²) in [5.74, 6) is 0.919. The summed E-state index contributed by atoms with van der Waals surface area (Å²) in [6.07, 6.45) is 1.38. The number of ether oxygens (including phenoxy) is 1. The largest absolute Gasteiger partial charge is 0.448 e. The minimum atomic E-state index is -0.393. The molecule has 3 rings (SSSR count). The van der Waals surface area contributed by atoms with Crippen LogP contribution >= 0.6 is 0 Å². The highest BCUT2D eigenvalue weighted by Gasteiger charge is 2.28.